The molecule has 16 nitrogen and oxygen atoms in total. The molecule has 234 valence electrons. The van der Waals surface area contributed by atoms with Crippen molar-refractivity contribution in [1.82, 2.24) is 0 Å². The monoisotopic (exact) mass is 610 g/mol. The van der Waals surface area contributed by atoms with Crippen LogP contribution in [0.3, 0.4) is 0 Å². The Morgan fingerprint density at radius 3 is 2.28 bits per heavy atom. The summed E-state index contributed by atoms with van der Waals surface area (Å²) in [6.07, 6.45) is -15.3. The van der Waals surface area contributed by atoms with Gasteiger partial charge >= 0.3 is 0 Å². The zero-order valence-corrected chi connectivity index (χ0v) is 22.3. The number of benzene rings is 2. The molecule has 0 spiro atoms. The average Bonchev–Trinajstić information content (AvgIpc) is 2.95. The zero-order valence-electron chi connectivity index (χ0n) is 22.3. The Labute approximate surface area is 241 Å². The number of phenolic OH excluding ortho intramolecular Hbond substituents is 2. The molecule has 2 fully saturated rings. The van der Waals surface area contributed by atoms with Crippen LogP contribution in [0.4, 0.5) is 0 Å². The summed E-state index contributed by atoms with van der Waals surface area (Å²) in [6.45, 7) is 1.05. The number of rotatable bonds is 6. The second kappa shape index (κ2) is 11.8. The lowest BCUT2D eigenvalue weighted by Crippen LogP contribution is -2.58. The molecule has 1 aromatic heterocycles. The van der Waals surface area contributed by atoms with E-state index in [0.717, 1.165) is 24.3 Å². The van der Waals surface area contributed by atoms with Gasteiger partial charge in [-0.2, -0.15) is 0 Å². The van der Waals surface area contributed by atoms with Crippen LogP contribution in [0.1, 0.15) is 6.92 Å². The number of aliphatic hydroxyl groups is 7. The number of aliphatic hydroxyl groups excluding tert-OH is 6. The van der Waals surface area contributed by atoms with E-state index in [9.17, 15) is 55.9 Å². The third-order valence-corrected chi connectivity index (χ3v) is 7.30. The second-order valence-corrected chi connectivity index (χ2v) is 10.3. The summed E-state index contributed by atoms with van der Waals surface area (Å²) in [6, 6.07) is 5.68. The first-order chi connectivity index (χ1) is 20.3. The van der Waals surface area contributed by atoms with Crippen molar-refractivity contribution in [2.75, 3.05) is 6.61 Å². The molecule has 3 aromatic rings. The normalized spacial score (nSPS) is 31.3. The highest BCUT2D eigenvalue weighted by molar-refractivity contribution is 5.88. The van der Waals surface area contributed by atoms with Crippen LogP contribution in [0, 0.1) is 0 Å². The van der Waals surface area contributed by atoms with Crippen molar-refractivity contribution < 1.29 is 74.4 Å². The van der Waals surface area contributed by atoms with Gasteiger partial charge in [-0.05, 0) is 25.1 Å². The van der Waals surface area contributed by atoms with Gasteiger partial charge in [0.2, 0.25) is 17.5 Å². The first-order valence-electron chi connectivity index (χ1n) is 13.0. The maximum absolute atomic E-state index is 13.0. The first-order valence-corrected chi connectivity index (χ1v) is 13.0. The van der Waals surface area contributed by atoms with Crippen molar-refractivity contribution >= 4 is 11.0 Å². The van der Waals surface area contributed by atoms with E-state index in [4.69, 9.17) is 23.4 Å². The minimum Gasteiger partial charge on any atom is -0.507 e. The van der Waals surface area contributed by atoms with E-state index in [1.807, 2.05) is 0 Å². The molecular formula is C27H30O16. The summed E-state index contributed by atoms with van der Waals surface area (Å²) in [7, 11) is 0. The van der Waals surface area contributed by atoms with E-state index in [1.165, 1.54) is 13.0 Å². The summed E-state index contributed by atoms with van der Waals surface area (Å²) >= 11 is 0. The minimum absolute atomic E-state index is 0.0122. The fraction of sp³-hybridized carbons (Fsp3) is 0.444. The molecule has 10 N–H and O–H groups in total. The molecule has 0 bridgehead atoms. The van der Waals surface area contributed by atoms with Gasteiger partial charge in [0.1, 0.15) is 59.1 Å². The van der Waals surface area contributed by atoms with Crippen LogP contribution in [0.15, 0.2) is 39.5 Å². The highest BCUT2D eigenvalue weighted by Gasteiger charge is 2.44. The molecule has 2 aliphatic heterocycles. The predicted molar refractivity (Wildman–Crippen MR) is 140 cm³/mol. The lowest BCUT2D eigenvalue weighted by atomic mass is 9.99. The number of hydrogen-bond acceptors (Lipinski definition) is 16. The fourth-order valence-corrected chi connectivity index (χ4v) is 4.87. The second-order valence-electron chi connectivity index (χ2n) is 10.3. The lowest BCUT2D eigenvalue weighted by Gasteiger charge is -2.38. The Hall–Kier alpha value is -3.71. The van der Waals surface area contributed by atoms with Crippen LogP contribution in [0.25, 0.3) is 22.3 Å². The lowest BCUT2D eigenvalue weighted by molar-refractivity contribution is -0.268. The van der Waals surface area contributed by atoms with Crippen molar-refractivity contribution in [2.24, 2.45) is 0 Å². The van der Waals surface area contributed by atoms with Gasteiger partial charge in [0, 0.05) is 17.7 Å². The molecule has 5 rings (SSSR count). The Morgan fingerprint density at radius 2 is 1.58 bits per heavy atom. The molecule has 43 heavy (non-hydrogen) atoms. The number of hydrogen-bond donors (Lipinski definition) is 10. The molecule has 9 unspecified atom stereocenters. The van der Waals surface area contributed by atoms with Gasteiger partial charge in [0.25, 0.3) is 0 Å². The Morgan fingerprint density at radius 1 is 0.860 bits per heavy atom. The van der Waals surface area contributed by atoms with Gasteiger partial charge in [-0.1, -0.05) is 0 Å². The SMILES string of the molecule is CC1OC(Oc2cc(-c3oc4cc(OC5COC(C(O)O)C(O)C5O)cc(O)c4c(=O)c3O)ccc2O)C(O)C(O)C1O. The topological polar surface area (TPSA) is 269 Å². The van der Waals surface area contributed by atoms with Crippen molar-refractivity contribution in [2.45, 2.75) is 68.3 Å². The Balaban J connectivity index is 1.47. The van der Waals surface area contributed by atoms with Gasteiger partial charge in [0.05, 0.1) is 12.7 Å². The fourth-order valence-electron chi connectivity index (χ4n) is 4.87. The van der Waals surface area contributed by atoms with Crippen LogP contribution < -0.4 is 14.9 Å². The Bertz CT molecular complexity index is 1540. The highest BCUT2D eigenvalue weighted by Crippen LogP contribution is 2.39. The van der Waals surface area contributed by atoms with Crippen LogP contribution in [0.5, 0.6) is 28.7 Å². The maximum Gasteiger partial charge on any atom is 0.238 e. The molecule has 2 aliphatic rings. The van der Waals surface area contributed by atoms with E-state index >= 15 is 0 Å². The molecule has 16 heteroatoms. The van der Waals surface area contributed by atoms with Gasteiger partial charge in [-0.15, -0.1) is 0 Å². The summed E-state index contributed by atoms with van der Waals surface area (Å²) in [5, 5.41) is 100. The molecule has 0 radical (unpaired) electrons. The third kappa shape index (κ3) is 5.67. The van der Waals surface area contributed by atoms with Gasteiger partial charge in [0.15, 0.2) is 29.7 Å². The third-order valence-electron chi connectivity index (χ3n) is 7.30. The van der Waals surface area contributed by atoms with Crippen LogP contribution in [-0.2, 0) is 9.47 Å². The summed E-state index contributed by atoms with van der Waals surface area (Å²) < 4.78 is 27.4. The molecule has 0 amide bonds. The van der Waals surface area contributed by atoms with Crippen molar-refractivity contribution in [1.29, 1.82) is 0 Å². The molecular weight excluding hydrogens is 580 g/mol. The van der Waals surface area contributed by atoms with E-state index in [1.54, 1.807) is 0 Å². The minimum atomic E-state index is -2.06. The quantitative estimate of drug-likeness (QED) is 0.135. The van der Waals surface area contributed by atoms with Crippen molar-refractivity contribution in [3.63, 3.8) is 0 Å². The molecule has 2 aromatic carbocycles. The largest absolute Gasteiger partial charge is 0.507 e. The van der Waals surface area contributed by atoms with Gasteiger partial charge in [-0.3, -0.25) is 4.79 Å². The van der Waals surface area contributed by atoms with E-state index in [-0.39, 0.29) is 29.3 Å². The number of ether oxygens (including phenoxy) is 4. The number of phenols is 2. The van der Waals surface area contributed by atoms with Crippen LogP contribution in [0.2, 0.25) is 0 Å². The molecule has 9 atom stereocenters. The van der Waals surface area contributed by atoms with Gasteiger partial charge in [-0.25, -0.2) is 0 Å². The maximum atomic E-state index is 13.0. The zero-order chi connectivity index (χ0) is 31.3. The van der Waals surface area contributed by atoms with E-state index in [0.29, 0.717) is 0 Å². The molecule has 0 saturated carbocycles. The summed E-state index contributed by atoms with van der Waals surface area (Å²) in [5.41, 5.74) is -1.33. The van der Waals surface area contributed by atoms with Gasteiger partial charge < -0.3 is 74.4 Å². The summed E-state index contributed by atoms with van der Waals surface area (Å²) in [4.78, 5) is 13.0. The van der Waals surface area contributed by atoms with Crippen LogP contribution >= 0.6 is 0 Å². The molecule has 2 saturated heterocycles. The van der Waals surface area contributed by atoms with E-state index < -0.39 is 95.2 Å². The smallest absolute Gasteiger partial charge is 0.238 e. The average molecular weight is 611 g/mol. The standard InChI is InChI=1S/C27H30O16/c1-8-17(30)20(33)23(36)27(40-8)43-13-4-9(2-3-11(13)28)24-22(35)19(32)16-12(29)5-10(6-14(16)42-24)41-15-7-39-25(26(37)38)21(34)18(15)31/h2-6,8,15,17-18,20-21,23,25-31,33-38H,7H2,1H3. The first kappa shape index (κ1) is 30.7. The predicted octanol–water partition coefficient (Wildman–Crippen LogP) is -2.04. The number of aromatic hydroxyl groups is 3. The highest BCUT2D eigenvalue weighted by atomic mass is 16.7. The van der Waals surface area contributed by atoms with Crippen LogP contribution in [-0.4, -0.2) is 119 Å². The van der Waals surface area contributed by atoms with Crippen molar-refractivity contribution in [3.05, 3.63) is 40.6 Å². The molecule has 3 heterocycles. The Kier molecular flexibility index (Phi) is 8.41. The number of fused-ring (bicyclic) bond motifs is 1. The van der Waals surface area contributed by atoms with Crippen molar-refractivity contribution in [3.8, 4) is 40.1 Å². The molecule has 0 aliphatic carbocycles. The summed E-state index contributed by atoms with van der Waals surface area (Å²) in [5.74, 6) is -2.91. The van der Waals surface area contributed by atoms with E-state index in [2.05, 4.69) is 0 Å².